The second-order valence-corrected chi connectivity index (χ2v) is 8.46. The molecular weight excluding hydrogens is 408 g/mol. The number of imide groups is 1. The van der Waals surface area contributed by atoms with Crippen LogP contribution in [0.1, 0.15) is 53.2 Å². The summed E-state index contributed by atoms with van der Waals surface area (Å²) in [5.41, 5.74) is 3.03. The Morgan fingerprint density at radius 3 is 2.59 bits per heavy atom. The van der Waals surface area contributed by atoms with Crippen LogP contribution in [-0.4, -0.2) is 46.1 Å². The molecule has 0 radical (unpaired) electrons. The Bertz CT molecular complexity index is 1100. The minimum atomic E-state index is -0.651. The number of amides is 5. The number of hydrogen-bond donors (Lipinski definition) is 2. The van der Waals surface area contributed by atoms with E-state index in [0.29, 0.717) is 24.2 Å². The van der Waals surface area contributed by atoms with Gasteiger partial charge in [-0.25, -0.2) is 4.79 Å². The summed E-state index contributed by atoms with van der Waals surface area (Å²) in [5.74, 6) is -0.968. The molecule has 164 valence electrons. The molecule has 3 aliphatic rings. The molecule has 0 bridgehead atoms. The van der Waals surface area contributed by atoms with Crippen molar-refractivity contribution in [3.05, 3.63) is 65.2 Å². The van der Waals surface area contributed by atoms with Crippen LogP contribution in [0.25, 0.3) is 0 Å². The van der Waals surface area contributed by atoms with Gasteiger partial charge in [0.25, 0.3) is 5.91 Å². The largest absolute Gasteiger partial charge is 0.322 e. The number of nitrogens with zero attached hydrogens (tertiary/aromatic N) is 2. The number of urea groups is 1. The van der Waals surface area contributed by atoms with Crippen LogP contribution in [0.3, 0.4) is 0 Å². The summed E-state index contributed by atoms with van der Waals surface area (Å²) in [6.45, 7) is 0.971. The number of piperidine rings is 1. The van der Waals surface area contributed by atoms with Crippen molar-refractivity contribution in [3.63, 3.8) is 0 Å². The van der Waals surface area contributed by atoms with Gasteiger partial charge in [-0.1, -0.05) is 30.3 Å². The Hall–Kier alpha value is -3.68. The van der Waals surface area contributed by atoms with Crippen molar-refractivity contribution >= 4 is 29.4 Å². The molecule has 2 aromatic rings. The third-order valence-electron chi connectivity index (χ3n) is 6.47. The number of benzene rings is 2. The minimum Gasteiger partial charge on any atom is -0.322 e. The van der Waals surface area contributed by atoms with E-state index < -0.39 is 11.9 Å². The molecule has 2 fully saturated rings. The fourth-order valence-electron chi connectivity index (χ4n) is 4.88. The van der Waals surface area contributed by atoms with Crippen LogP contribution >= 0.6 is 0 Å². The molecule has 0 spiro atoms. The zero-order valence-electron chi connectivity index (χ0n) is 17.5. The first-order valence-electron chi connectivity index (χ1n) is 10.9. The predicted octanol–water partition coefficient (Wildman–Crippen LogP) is 2.82. The van der Waals surface area contributed by atoms with E-state index in [-0.39, 0.29) is 36.9 Å². The molecule has 32 heavy (non-hydrogen) atoms. The van der Waals surface area contributed by atoms with Crippen molar-refractivity contribution in [1.29, 1.82) is 0 Å². The minimum absolute atomic E-state index is 0.0511. The van der Waals surface area contributed by atoms with Gasteiger partial charge in [0.15, 0.2) is 0 Å². The van der Waals surface area contributed by atoms with Gasteiger partial charge in [0.1, 0.15) is 6.04 Å². The lowest BCUT2D eigenvalue weighted by molar-refractivity contribution is -0.136. The summed E-state index contributed by atoms with van der Waals surface area (Å²) in [7, 11) is 0. The van der Waals surface area contributed by atoms with Gasteiger partial charge in [-0.3, -0.25) is 19.7 Å². The van der Waals surface area contributed by atoms with Gasteiger partial charge >= 0.3 is 6.03 Å². The summed E-state index contributed by atoms with van der Waals surface area (Å²) in [5, 5.41) is 5.28. The molecule has 8 nitrogen and oxygen atoms in total. The van der Waals surface area contributed by atoms with E-state index >= 15 is 0 Å². The molecule has 8 heteroatoms. The number of likely N-dealkylation sites (tertiary alicyclic amines) is 1. The lowest BCUT2D eigenvalue weighted by atomic mass is 10.0. The maximum absolute atomic E-state index is 13.0. The fourth-order valence-corrected chi connectivity index (χ4v) is 4.88. The molecule has 0 saturated carbocycles. The van der Waals surface area contributed by atoms with E-state index in [1.807, 2.05) is 35.2 Å². The molecule has 0 aromatic heterocycles. The Labute approximate surface area is 185 Å². The average molecular weight is 432 g/mol. The number of rotatable bonds is 3. The first-order valence-corrected chi connectivity index (χ1v) is 10.9. The second kappa shape index (κ2) is 8.11. The van der Waals surface area contributed by atoms with Crippen molar-refractivity contribution in [2.75, 3.05) is 11.9 Å². The van der Waals surface area contributed by atoms with Crippen LogP contribution in [0.15, 0.2) is 48.5 Å². The normalized spacial score (nSPS) is 22.7. The lowest BCUT2D eigenvalue weighted by Crippen LogP contribution is -2.52. The highest BCUT2D eigenvalue weighted by molar-refractivity contribution is 6.05. The summed E-state index contributed by atoms with van der Waals surface area (Å²) in [6.07, 6.45) is 2.42. The lowest BCUT2D eigenvalue weighted by Gasteiger charge is -2.29. The number of anilines is 1. The Balaban J connectivity index is 1.30. The number of carbonyl (C=O) groups excluding carboxylic acids is 4. The van der Waals surface area contributed by atoms with E-state index in [9.17, 15) is 19.2 Å². The highest BCUT2D eigenvalue weighted by atomic mass is 16.2. The standard InChI is InChI=1S/C24H24N4O4/c29-21-11-10-20(22(30)26-21)28-14-16-13-17(8-9-18(16)23(28)31)25-24(32)27-12-4-7-19(27)15-5-2-1-3-6-15/h1-3,5-6,8-9,13,19-20H,4,7,10-12,14H2,(H,25,32)(H,26,29,30). The predicted molar refractivity (Wildman–Crippen MR) is 117 cm³/mol. The topological polar surface area (TPSA) is 98.8 Å². The first-order chi connectivity index (χ1) is 15.5. The maximum Gasteiger partial charge on any atom is 0.322 e. The summed E-state index contributed by atoms with van der Waals surface area (Å²) < 4.78 is 0. The highest BCUT2D eigenvalue weighted by Gasteiger charge is 2.39. The van der Waals surface area contributed by atoms with Crippen molar-refractivity contribution in [1.82, 2.24) is 15.1 Å². The molecule has 2 N–H and O–H groups in total. The van der Waals surface area contributed by atoms with Crippen LogP contribution in [-0.2, 0) is 16.1 Å². The second-order valence-electron chi connectivity index (χ2n) is 8.46. The SMILES string of the molecule is O=C1CCC(N2Cc3cc(NC(=O)N4CCCC4c4ccccc4)ccc3C2=O)C(=O)N1. The monoisotopic (exact) mass is 432 g/mol. The van der Waals surface area contributed by atoms with Gasteiger partial charge in [0.2, 0.25) is 11.8 Å². The van der Waals surface area contributed by atoms with Gasteiger partial charge in [-0.05, 0) is 48.6 Å². The van der Waals surface area contributed by atoms with Gasteiger partial charge in [-0.2, -0.15) is 0 Å². The summed E-state index contributed by atoms with van der Waals surface area (Å²) >= 11 is 0. The van der Waals surface area contributed by atoms with Crippen LogP contribution in [0.4, 0.5) is 10.5 Å². The van der Waals surface area contributed by atoms with Crippen molar-refractivity contribution in [2.45, 2.75) is 44.3 Å². The van der Waals surface area contributed by atoms with Crippen LogP contribution < -0.4 is 10.6 Å². The molecule has 2 aromatic carbocycles. The van der Waals surface area contributed by atoms with E-state index in [2.05, 4.69) is 10.6 Å². The quantitative estimate of drug-likeness (QED) is 0.729. The summed E-state index contributed by atoms with van der Waals surface area (Å²) in [4.78, 5) is 52.8. The molecule has 5 rings (SSSR count). The van der Waals surface area contributed by atoms with Crippen LogP contribution in [0, 0.1) is 0 Å². The summed E-state index contributed by atoms with van der Waals surface area (Å²) in [6, 6.07) is 14.5. The van der Waals surface area contributed by atoms with Gasteiger partial charge in [0.05, 0.1) is 6.04 Å². The van der Waals surface area contributed by atoms with Crippen molar-refractivity contribution in [2.24, 2.45) is 0 Å². The Kier molecular flexibility index (Phi) is 5.13. The number of carbonyl (C=O) groups is 4. The van der Waals surface area contributed by atoms with E-state index in [1.165, 1.54) is 4.90 Å². The molecule has 0 aliphatic carbocycles. The highest BCUT2D eigenvalue weighted by Crippen LogP contribution is 2.33. The molecule has 3 aliphatic heterocycles. The van der Waals surface area contributed by atoms with Gasteiger partial charge in [0, 0.05) is 30.8 Å². The number of nitrogens with one attached hydrogen (secondary N) is 2. The molecular formula is C24H24N4O4. The van der Waals surface area contributed by atoms with Crippen molar-refractivity contribution in [3.8, 4) is 0 Å². The zero-order valence-corrected chi connectivity index (χ0v) is 17.5. The fraction of sp³-hybridized carbons (Fsp3) is 0.333. The number of hydrogen-bond acceptors (Lipinski definition) is 4. The molecule has 5 amide bonds. The van der Waals surface area contributed by atoms with Gasteiger partial charge in [-0.15, -0.1) is 0 Å². The average Bonchev–Trinajstić information content (AvgIpc) is 3.40. The first kappa shape index (κ1) is 20.2. The maximum atomic E-state index is 13.0. The van der Waals surface area contributed by atoms with Gasteiger partial charge < -0.3 is 15.1 Å². The number of fused-ring (bicyclic) bond motifs is 1. The zero-order chi connectivity index (χ0) is 22.2. The van der Waals surface area contributed by atoms with E-state index in [4.69, 9.17) is 0 Å². The molecule has 3 heterocycles. The molecule has 2 atom stereocenters. The molecule has 2 saturated heterocycles. The third kappa shape index (κ3) is 3.62. The van der Waals surface area contributed by atoms with E-state index in [1.54, 1.807) is 18.2 Å². The Morgan fingerprint density at radius 2 is 1.81 bits per heavy atom. The van der Waals surface area contributed by atoms with Crippen LogP contribution in [0.5, 0.6) is 0 Å². The van der Waals surface area contributed by atoms with Crippen molar-refractivity contribution < 1.29 is 19.2 Å². The van der Waals surface area contributed by atoms with E-state index in [0.717, 1.165) is 24.0 Å². The Morgan fingerprint density at radius 1 is 1.00 bits per heavy atom. The smallest absolute Gasteiger partial charge is 0.322 e. The molecule has 2 unspecified atom stereocenters. The van der Waals surface area contributed by atoms with Crippen LogP contribution in [0.2, 0.25) is 0 Å². The third-order valence-corrected chi connectivity index (χ3v) is 6.47.